The van der Waals surface area contributed by atoms with Crippen LogP contribution in [0.25, 0.3) is 11.4 Å². The smallest absolute Gasteiger partial charge is 0.159 e. The van der Waals surface area contributed by atoms with E-state index in [1.807, 2.05) is 7.05 Å². The molecule has 0 saturated carbocycles. The molecule has 2 rings (SSSR count). The average molecular weight is 255 g/mol. The van der Waals surface area contributed by atoms with Gasteiger partial charge in [-0.3, -0.25) is 0 Å². The highest BCUT2D eigenvalue weighted by molar-refractivity contribution is 5.56. The zero-order chi connectivity index (χ0) is 13.8. The van der Waals surface area contributed by atoms with Crippen molar-refractivity contribution in [2.75, 3.05) is 13.6 Å². The number of benzene rings is 1. The van der Waals surface area contributed by atoms with Gasteiger partial charge in [0, 0.05) is 17.0 Å². The Morgan fingerprint density at radius 3 is 2.05 bits per heavy atom. The van der Waals surface area contributed by atoms with E-state index in [4.69, 9.17) is 0 Å². The molecule has 0 unspecified atom stereocenters. The Hall–Kier alpha value is -1.74. The van der Waals surface area contributed by atoms with Gasteiger partial charge in [-0.25, -0.2) is 9.97 Å². The number of likely N-dealkylation sites (N-methyl/N-ethyl adjacent to an activating group) is 1. The summed E-state index contributed by atoms with van der Waals surface area (Å²) in [7, 11) is 1.96. The van der Waals surface area contributed by atoms with Gasteiger partial charge in [0.1, 0.15) is 0 Å². The lowest BCUT2D eigenvalue weighted by Crippen LogP contribution is -2.13. The van der Waals surface area contributed by atoms with Crippen molar-refractivity contribution < 1.29 is 0 Å². The molecule has 2 aromatic rings. The van der Waals surface area contributed by atoms with Crippen molar-refractivity contribution in [1.82, 2.24) is 15.3 Å². The van der Waals surface area contributed by atoms with Gasteiger partial charge < -0.3 is 5.32 Å². The molecule has 1 aromatic carbocycles. The van der Waals surface area contributed by atoms with E-state index in [1.165, 1.54) is 11.1 Å². The summed E-state index contributed by atoms with van der Waals surface area (Å²) >= 11 is 0. The molecule has 3 heteroatoms. The molecule has 0 radical (unpaired) electrons. The van der Waals surface area contributed by atoms with Crippen LogP contribution in [0.2, 0.25) is 0 Å². The maximum absolute atomic E-state index is 4.65. The van der Waals surface area contributed by atoms with Gasteiger partial charge in [-0.1, -0.05) is 29.8 Å². The Morgan fingerprint density at radius 2 is 1.53 bits per heavy atom. The third-order valence-corrected chi connectivity index (χ3v) is 3.36. The van der Waals surface area contributed by atoms with Crippen LogP contribution in [-0.2, 0) is 6.42 Å². The summed E-state index contributed by atoms with van der Waals surface area (Å²) in [5, 5.41) is 3.17. The zero-order valence-corrected chi connectivity index (χ0v) is 12.1. The first-order valence-corrected chi connectivity index (χ1v) is 6.67. The number of hydrogen-bond donors (Lipinski definition) is 1. The van der Waals surface area contributed by atoms with Crippen LogP contribution in [-0.4, -0.2) is 23.6 Å². The fourth-order valence-electron chi connectivity index (χ4n) is 2.18. The summed E-state index contributed by atoms with van der Waals surface area (Å²) < 4.78 is 0. The number of hydrogen-bond acceptors (Lipinski definition) is 3. The highest BCUT2D eigenvalue weighted by Gasteiger charge is 2.09. The number of aromatic nitrogens is 2. The lowest BCUT2D eigenvalue weighted by molar-refractivity contribution is 0.774. The third kappa shape index (κ3) is 3.18. The second-order valence-corrected chi connectivity index (χ2v) is 4.92. The van der Waals surface area contributed by atoms with Crippen LogP contribution >= 0.6 is 0 Å². The molecule has 0 spiro atoms. The molecule has 3 nitrogen and oxygen atoms in total. The number of rotatable bonds is 4. The third-order valence-electron chi connectivity index (χ3n) is 3.36. The second-order valence-electron chi connectivity index (χ2n) is 4.92. The van der Waals surface area contributed by atoms with Crippen LogP contribution in [0, 0.1) is 20.8 Å². The van der Waals surface area contributed by atoms with E-state index in [2.05, 4.69) is 60.3 Å². The van der Waals surface area contributed by atoms with Crippen molar-refractivity contribution in [1.29, 1.82) is 0 Å². The Labute approximate surface area is 115 Å². The van der Waals surface area contributed by atoms with Crippen molar-refractivity contribution in [3.63, 3.8) is 0 Å². The maximum Gasteiger partial charge on any atom is 0.159 e. The molecule has 0 aliphatic carbocycles. The van der Waals surface area contributed by atoms with Gasteiger partial charge in [0.15, 0.2) is 5.82 Å². The van der Waals surface area contributed by atoms with E-state index in [9.17, 15) is 0 Å². The molecule has 0 aliphatic heterocycles. The minimum atomic E-state index is 0.822. The minimum Gasteiger partial charge on any atom is -0.319 e. The van der Waals surface area contributed by atoms with Crippen molar-refractivity contribution >= 4 is 0 Å². The van der Waals surface area contributed by atoms with Gasteiger partial charge in [-0.15, -0.1) is 0 Å². The van der Waals surface area contributed by atoms with Gasteiger partial charge in [-0.2, -0.15) is 0 Å². The van der Waals surface area contributed by atoms with Crippen LogP contribution in [0.15, 0.2) is 24.3 Å². The highest BCUT2D eigenvalue weighted by atomic mass is 14.9. The SMILES string of the molecule is CNCCc1c(C)nc(-c2ccc(C)cc2)nc1C. The molecule has 0 amide bonds. The first-order chi connectivity index (χ1) is 9.11. The fraction of sp³-hybridized carbons (Fsp3) is 0.375. The van der Waals surface area contributed by atoms with Crippen molar-refractivity contribution in [2.24, 2.45) is 0 Å². The predicted molar refractivity (Wildman–Crippen MR) is 79.3 cm³/mol. The first-order valence-electron chi connectivity index (χ1n) is 6.67. The monoisotopic (exact) mass is 255 g/mol. The van der Waals surface area contributed by atoms with Gasteiger partial charge in [0.25, 0.3) is 0 Å². The molecule has 0 atom stereocenters. The molecule has 100 valence electrons. The molecular formula is C16H21N3. The Kier molecular flexibility index (Phi) is 4.27. The van der Waals surface area contributed by atoms with Crippen molar-refractivity contribution in [2.45, 2.75) is 27.2 Å². The highest BCUT2D eigenvalue weighted by Crippen LogP contribution is 2.19. The standard InChI is InChI=1S/C16H21N3/c1-11-5-7-14(8-6-11)16-18-12(2)15(9-10-17-4)13(3)19-16/h5-8,17H,9-10H2,1-4H3. The molecule has 1 N–H and O–H groups in total. The molecule has 0 aliphatic rings. The topological polar surface area (TPSA) is 37.8 Å². The summed E-state index contributed by atoms with van der Waals surface area (Å²) in [6, 6.07) is 8.35. The lowest BCUT2D eigenvalue weighted by Gasteiger charge is -2.11. The average Bonchev–Trinajstić information content (AvgIpc) is 2.38. The molecular weight excluding hydrogens is 234 g/mol. The van der Waals surface area contributed by atoms with E-state index in [0.29, 0.717) is 0 Å². The first kappa shape index (κ1) is 13.7. The minimum absolute atomic E-state index is 0.822. The summed E-state index contributed by atoms with van der Waals surface area (Å²) in [5.74, 6) is 0.822. The van der Waals surface area contributed by atoms with E-state index < -0.39 is 0 Å². The van der Waals surface area contributed by atoms with Crippen molar-refractivity contribution in [3.05, 3.63) is 46.8 Å². The lowest BCUT2D eigenvalue weighted by atomic mass is 10.1. The number of nitrogens with one attached hydrogen (secondary N) is 1. The zero-order valence-electron chi connectivity index (χ0n) is 12.1. The Bertz CT molecular complexity index is 536. The molecule has 0 bridgehead atoms. The van der Waals surface area contributed by atoms with Crippen LogP contribution in [0.3, 0.4) is 0 Å². The second kappa shape index (κ2) is 5.93. The summed E-state index contributed by atoms with van der Waals surface area (Å²) in [6.07, 6.45) is 0.975. The van der Waals surface area contributed by atoms with Crippen molar-refractivity contribution in [3.8, 4) is 11.4 Å². The fourth-order valence-corrected chi connectivity index (χ4v) is 2.18. The van der Waals surface area contributed by atoms with Crippen LogP contribution in [0.5, 0.6) is 0 Å². The Balaban J connectivity index is 2.36. The number of nitrogens with zero attached hydrogens (tertiary/aromatic N) is 2. The molecule has 19 heavy (non-hydrogen) atoms. The molecule has 1 heterocycles. The Morgan fingerprint density at radius 1 is 0.947 bits per heavy atom. The maximum atomic E-state index is 4.65. The van der Waals surface area contributed by atoms with Gasteiger partial charge in [-0.05, 0) is 46.3 Å². The summed E-state index contributed by atoms with van der Waals surface area (Å²) in [4.78, 5) is 9.30. The van der Waals surface area contributed by atoms with Gasteiger partial charge in [0.05, 0.1) is 0 Å². The molecule has 0 saturated heterocycles. The van der Waals surface area contributed by atoms with E-state index >= 15 is 0 Å². The summed E-state index contributed by atoms with van der Waals surface area (Å²) in [6.45, 7) is 7.17. The van der Waals surface area contributed by atoms with E-state index in [-0.39, 0.29) is 0 Å². The van der Waals surface area contributed by atoms with Gasteiger partial charge >= 0.3 is 0 Å². The normalized spacial score (nSPS) is 10.7. The van der Waals surface area contributed by atoms with E-state index in [0.717, 1.165) is 35.7 Å². The quantitative estimate of drug-likeness (QED) is 0.913. The molecule has 1 aromatic heterocycles. The summed E-state index contributed by atoms with van der Waals surface area (Å²) in [5.41, 5.74) is 5.75. The van der Waals surface area contributed by atoms with Crippen LogP contribution < -0.4 is 5.32 Å². The van der Waals surface area contributed by atoms with Gasteiger partial charge in [0.2, 0.25) is 0 Å². The largest absolute Gasteiger partial charge is 0.319 e. The van der Waals surface area contributed by atoms with Crippen LogP contribution in [0.1, 0.15) is 22.5 Å². The molecule has 0 fully saturated rings. The van der Waals surface area contributed by atoms with Crippen LogP contribution in [0.4, 0.5) is 0 Å². The predicted octanol–water partition coefficient (Wildman–Crippen LogP) is 2.83. The van der Waals surface area contributed by atoms with E-state index in [1.54, 1.807) is 0 Å². The number of aryl methyl sites for hydroxylation is 3.